The molecule has 0 amide bonds. The smallest absolute Gasteiger partial charge is 1.00 e. The quantitative estimate of drug-likeness (QED) is 0.450. The summed E-state index contributed by atoms with van der Waals surface area (Å²) < 4.78 is 0. The molecule has 0 saturated carbocycles. The first-order valence-corrected chi connectivity index (χ1v) is 7.97. The van der Waals surface area contributed by atoms with Crippen molar-refractivity contribution < 1.29 is 29.5 Å². The second-order valence-electron chi connectivity index (χ2n) is 3.90. The fourth-order valence-electron chi connectivity index (χ4n) is 1.48. The van der Waals surface area contributed by atoms with Gasteiger partial charge in [-0.25, -0.2) is 0 Å². The van der Waals surface area contributed by atoms with Crippen LogP contribution in [-0.4, -0.2) is 18.5 Å². The minimum atomic E-state index is 0. The Morgan fingerprint density at radius 2 is 0.933 bits per heavy atom. The molecule has 0 unspecified atom stereocenters. The fraction of sp³-hybridized carbons (Fsp3) is 1.00. The second kappa shape index (κ2) is 17.6. The van der Waals surface area contributed by atoms with E-state index in [1.54, 1.807) is 18.5 Å². The van der Waals surface area contributed by atoms with Crippen LogP contribution < -0.4 is 12.4 Å². The Morgan fingerprint density at radius 1 is 0.667 bits per heavy atom. The molecule has 15 heavy (non-hydrogen) atoms. The van der Waals surface area contributed by atoms with E-state index < -0.39 is 0 Å². The molecule has 0 aromatic rings. The van der Waals surface area contributed by atoms with Crippen LogP contribution in [-0.2, 0) is 17.1 Å². The summed E-state index contributed by atoms with van der Waals surface area (Å²) in [5.74, 6) is 0. The summed E-state index contributed by atoms with van der Waals surface area (Å²) in [5, 5.41) is 0. The minimum absolute atomic E-state index is 0. The van der Waals surface area contributed by atoms with Crippen LogP contribution in [0, 0.1) is 0 Å². The summed E-state index contributed by atoms with van der Waals surface area (Å²) in [6.45, 7) is 6.94. The SMILES string of the molecule is CCCCP(CCCC)CCCC.[Cl-].[Cu+]. The fourth-order valence-corrected chi connectivity index (χ4v) is 4.44. The van der Waals surface area contributed by atoms with Gasteiger partial charge in [-0.1, -0.05) is 40.0 Å². The molecule has 0 aromatic carbocycles. The van der Waals surface area contributed by atoms with Gasteiger partial charge < -0.3 is 12.4 Å². The first kappa shape index (κ1) is 21.5. The van der Waals surface area contributed by atoms with E-state index in [4.69, 9.17) is 0 Å². The summed E-state index contributed by atoms with van der Waals surface area (Å²) >= 11 is 0. The molecule has 98 valence electrons. The van der Waals surface area contributed by atoms with Gasteiger partial charge in [0.15, 0.2) is 0 Å². The molecule has 0 atom stereocenters. The Balaban J connectivity index is -0.000000720. The topological polar surface area (TPSA) is 0 Å². The molecule has 0 fully saturated rings. The van der Waals surface area contributed by atoms with E-state index in [0.717, 1.165) is 0 Å². The molecule has 0 aliphatic rings. The Hall–Kier alpha value is 1.24. The van der Waals surface area contributed by atoms with Crippen molar-refractivity contribution in [2.45, 2.75) is 59.3 Å². The third kappa shape index (κ3) is 15.2. The molecule has 0 aromatic heterocycles. The predicted octanol–water partition coefficient (Wildman–Crippen LogP) is 1.87. The summed E-state index contributed by atoms with van der Waals surface area (Å²) in [6, 6.07) is 0. The zero-order valence-electron chi connectivity index (χ0n) is 10.5. The van der Waals surface area contributed by atoms with Crippen LogP contribution in [0.5, 0.6) is 0 Å². The third-order valence-electron chi connectivity index (χ3n) is 2.48. The largest absolute Gasteiger partial charge is 1.00 e. The van der Waals surface area contributed by atoms with Gasteiger partial charge in [0.25, 0.3) is 0 Å². The van der Waals surface area contributed by atoms with Crippen molar-refractivity contribution in [3.8, 4) is 0 Å². The maximum absolute atomic E-state index is 2.31. The van der Waals surface area contributed by atoms with E-state index in [9.17, 15) is 0 Å². The Bertz CT molecular complexity index is 82.6. The molecule has 0 aliphatic carbocycles. The van der Waals surface area contributed by atoms with Gasteiger partial charge in [-0.05, 0) is 37.7 Å². The summed E-state index contributed by atoms with van der Waals surface area (Å²) in [5.41, 5.74) is 0. The normalized spacial score (nSPS) is 9.60. The maximum Gasteiger partial charge on any atom is 1.00 e. The number of halogens is 1. The average Bonchev–Trinajstić information content (AvgIpc) is 2.17. The Kier molecular flexibility index (Phi) is 25.3. The van der Waals surface area contributed by atoms with Crippen molar-refractivity contribution in [1.82, 2.24) is 0 Å². The van der Waals surface area contributed by atoms with Gasteiger partial charge in [0.05, 0.1) is 0 Å². The van der Waals surface area contributed by atoms with Crippen LogP contribution in [0.15, 0.2) is 0 Å². The van der Waals surface area contributed by atoms with E-state index in [0.29, 0.717) is 7.92 Å². The van der Waals surface area contributed by atoms with Crippen molar-refractivity contribution in [3.63, 3.8) is 0 Å². The van der Waals surface area contributed by atoms with Gasteiger partial charge in [0, 0.05) is 0 Å². The molecular formula is C12H27ClCuP. The number of hydrogen-bond donors (Lipinski definition) is 0. The molecule has 0 rings (SSSR count). The van der Waals surface area contributed by atoms with Crippen LogP contribution in [0.25, 0.3) is 0 Å². The van der Waals surface area contributed by atoms with Gasteiger partial charge in [-0.15, -0.1) is 7.92 Å². The zero-order valence-corrected chi connectivity index (χ0v) is 13.1. The summed E-state index contributed by atoms with van der Waals surface area (Å²) in [6.07, 6.45) is 13.2. The third-order valence-corrected chi connectivity index (χ3v) is 5.33. The van der Waals surface area contributed by atoms with Crippen molar-refractivity contribution >= 4 is 7.92 Å². The Morgan fingerprint density at radius 3 is 1.13 bits per heavy atom. The van der Waals surface area contributed by atoms with Gasteiger partial charge in [0.2, 0.25) is 0 Å². The van der Waals surface area contributed by atoms with Crippen molar-refractivity contribution in [1.29, 1.82) is 0 Å². The van der Waals surface area contributed by atoms with Crippen LogP contribution in [0.2, 0.25) is 0 Å². The second-order valence-corrected chi connectivity index (χ2v) is 6.59. The zero-order chi connectivity index (χ0) is 9.94. The standard InChI is InChI=1S/C12H27P.ClH.Cu/c1-4-7-10-13(11-8-5-2)12-9-6-3;;/h4-12H2,1-3H3;1H;/q;;+1/p-1. The molecule has 0 heterocycles. The van der Waals surface area contributed by atoms with E-state index >= 15 is 0 Å². The van der Waals surface area contributed by atoms with Crippen molar-refractivity contribution in [2.24, 2.45) is 0 Å². The van der Waals surface area contributed by atoms with Gasteiger partial charge in [-0.2, -0.15) is 0 Å². The summed E-state index contributed by atoms with van der Waals surface area (Å²) in [4.78, 5) is 0. The van der Waals surface area contributed by atoms with Gasteiger partial charge in [0.1, 0.15) is 0 Å². The molecule has 0 aliphatic heterocycles. The molecule has 0 nitrogen and oxygen atoms in total. The summed E-state index contributed by atoms with van der Waals surface area (Å²) in [7, 11) is 0.422. The van der Waals surface area contributed by atoms with Crippen molar-refractivity contribution in [2.75, 3.05) is 18.5 Å². The molecule has 0 radical (unpaired) electrons. The Labute approximate surface area is 115 Å². The number of hydrogen-bond acceptors (Lipinski definition) is 0. The van der Waals surface area contributed by atoms with Crippen LogP contribution in [0.1, 0.15) is 59.3 Å². The molecule has 0 spiro atoms. The molecule has 0 N–H and O–H groups in total. The van der Waals surface area contributed by atoms with Gasteiger partial charge in [-0.3, -0.25) is 0 Å². The van der Waals surface area contributed by atoms with Crippen LogP contribution in [0.4, 0.5) is 0 Å². The molecular weight excluding hydrogens is 274 g/mol. The average molecular weight is 301 g/mol. The first-order chi connectivity index (χ1) is 6.35. The van der Waals surface area contributed by atoms with E-state index in [-0.39, 0.29) is 29.5 Å². The van der Waals surface area contributed by atoms with Gasteiger partial charge >= 0.3 is 17.1 Å². The van der Waals surface area contributed by atoms with E-state index in [1.807, 2.05) is 0 Å². The molecule has 0 bridgehead atoms. The molecule has 0 saturated heterocycles. The predicted molar refractivity (Wildman–Crippen MR) is 66.2 cm³/mol. The van der Waals surface area contributed by atoms with Crippen LogP contribution >= 0.6 is 7.92 Å². The molecule has 3 heteroatoms. The number of rotatable bonds is 9. The maximum atomic E-state index is 2.31. The number of unbranched alkanes of at least 4 members (excludes halogenated alkanes) is 3. The minimum Gasteiger partial charge on any atom is -1.00 e. The van der Waals surface area contributed by atoms with Crippen molar-refractivity contribution in [3.05, 3.63) is 0 Å². The van der Waals surface area contributed by atoms with E-state index in [1.165, 1.54) is 38.5 Å². The monoisotopic (exact) mass is 300 g/mol. The van der Waals surface area contributed by atoms with Crippen LogP contribution in [0.3, 0.4) is 0 Å². The first-order valence-electron chi connectivity index (χ1n) is 6.07. The van der Waals surface area contributed by atoms with E-state index in [2.05, 4.69) is 20.8 Å².